The number of fused-ring (bicyclic) bond motifs is 1. The standard InChI is InChI=1S/C15H10N2O3S/c18-15-12-6-1-2-7-13(12)21-14(15)9-16-10-4-3-5-11(8-10)17(19)20/h1-9,18H. The lowest BCUT2D eigenvalue weighted by Crippen LogP contribution is -1.86. The summed E-state index contributed by atoms with van der Waals surface area (Å²) in [5.41, 5.74) is 0.464. The van der Waals surface area contributed by atoms with Crippen LogP contribution in [0.25, 0.3) is 10.1 Å². The van der Waals surface area contributed by atoms with E-state index in [-0.39, 0.29) is 11.4 Å². The Morgan fingerprint density at radius 1 is 1.19 bits per heavy atom. The number of nitro benzene ring substituents is 1. The highest BCUT2D eigenvalue weighted by atomic mass is 32.1. The molecule has 0 radical (unpaired) electrons. The molecule has 5 nitrogen and oxygen atoms in total. The topological polar surface area (TPSA) is 75.7 Å². The van der Waals surface area contributed by atoms with Gasteiger partial charge >= 0.3 is 0 Å². The van der Waals surface area contributed by atoms with Crippen LogP contribution in [0.4, 0.5) is 11.4 Å². The summed E-state index contributed by atoms with van der Waals surface area (Å²) in [7, 11) is 0. The van der Waals surface area contributed by atoms with Crippen LogP contribution < -0.4 is 0 Å². The lowest BCUT2D eigenvalue weighted by atomic mass is 10.2. The number of aliphatic imine (C=N–C) groups is 1. The van der Waals surface area contributed by atoms with Gasteiger partial charge in [0.1, 0.15) is 5.75 Å². The minimum atomic E-state index is -0.462. The maximum Gasteiger partial charge on any atom is 0.271 e. The van der Waals surface area contributed by atoms with Gasteiger partial charge in [-0.1, -0.05) is 18.2 Å². The van der Waals surface area contributed by atoms with Crippen molar-refractivity contribution in [1.29, 1.82) is 0 Å². The van der Waals surface area contributed by atoms with Gasteiger partial charge in [0.15, 0.2) is 0 Å². The first-order chi connectivity index (χ1) is 10.1. The van der Waals surface area contributed by atoms with Crippen LogP contribution in [0.3, 0.4) is 0 Å². The molecule has 0 aliphatic rings. The van der Waals surface area contributed by atoms with E-state index >= 15 is 0 Å². The minimum absolute atomic E-state index is 0.00906. The Hall–Kier alpha value is -2.73. The summed E-state index contributed by atoms with van der Waals surface area (Å²) in [6.45, 7) is 0. The molecule has 1 heterocycles. The molecular weight excluding hydrogens is 288 g/mol. The smallest absolute Gasteiger partial charge is 0.271 e. The number of aromatic hydroxyl groups is 1. The number of hydrogen-bond donors (Lipinski definition) is 1. The fourth-order valence-corrected chi connectivity index (χ4v) is 2.93. The molecule has 3 aromatic rings. The molecule has 0 aliphatic carbocycles. The molecule has 1 N–H and O–H groups in total. The highest BCUT2D eigenvalue weighted by molar-refractivity contribution is 7.21. The first kappa shape index (κ1) is 13.3. The van der Waals surface area contributed by atoms with Crippen molar-refractivity contribution in [2.45, 2.75) is 0 Å². The van der Waals surface area contributed by atoms with E-state index in [1.165, 1.54) is 29.7 Å². The van der Waals surface area contributed by atoms with Crippen molar-refractivity contribution in [3.63, 3.8) is 0 Å². The van der Waals surface area contributed by atoms with E-state index in [1.54, 1.807) is 12.1 Å². The molecular formula is C15H10N2O3S. The van der Waals surface area contributed by atoms with E-state index in [2.05, 4.69) is 4.99 Å². The molecule has 3 rings (SSSR count). The number of benzene rings is 2. The Morgan fingerprint density at radius 3 is 2.76 bits per heavy atom. The van der Waals surface area contributed by atoms with Crippen molar-refractivity contribution in [2.24, 2.45) is 4.99 Å². The Kier molecular flexibility index (Phi) is 3.37. The molecule has 0 saturated heterocycles. The summed E-state index contributed by atoms with van der Waals surface area (Å²) in [4.78, 5) is 15.1. The summed E-state index contributed by atoms with van der Waals surface area (Å²) in [5.74, 6) is 0.185. The van der Waals surface area contributed by atoms with Crippen LogP contribution in [0.2, 0.25) is 0 Å². The normalized spacial score (nSPS) is 11.2. The van der Waals surface area contributed by atoms with Gasteiger partial charge in [-0.2, -0.15) is 0 Å². The van der Waals surface area contributed by atoms with Gasteiger partial charge in [0.05, 0.1) is 15.5 Å². The Balaban J connectivity index is 1.96. The van der Waals surface area contributed by atoms with E-state index in [0.717, 1.165) is 10.1 Å². The van der Waals surface area contributed by atoms with Gasteiger partial charge in [0.25, 0.3) is 5.69 Å². The second-order valence-corrected chi connectivity index (χ2v) is 5.43. The summed E-state index contributed by atoms with van der Waals surface area (Å²) >= 11 is 1.42. The third kappa shape index (κ3) is 2.61. The van der Waals surface area contributed by atoms with E-state index < -0.39 is 4.92 Å². The van der Waals surface area contributed by atoms with Crippen LogP contribution in [-0.4, -0.2) is 16.2 Å². The van der Waals surface area contributed by atoms with Gasteiger partial charge in [-0.05, 0) is 18.2 Å². The van der Waals surface area contributed by atoms with E-state index in [1.807, 2.05) is 24.3 Å². The molecule has 0 spiro atoms. The quantitative estimate of drug-likeness (QED) is 0.446. The van der Waals surface area contributed by atoms with Crippen LogP contribution in [0, 0.1) is 10.1 Å². The van der Waals surface area contributed by atoms with Gasteiger partial charge in [0, 0.05) is 28.4 Å². The van der Waals surface area contributed by atoms with Gasteiger partial charge in [-0.25, -0.2) is 0 Å². The van der Waals surface area contributed by atoms with Crippen LogP contribution in [-0.2, 0) is 0 Å². The van der Waals surface area contributed by atoms with Crippen molar-refractivity contribution in [3.8, 4) is 5.75 Å². The number of nitro groups is 1. The second-order valence-electron chi connectivity index (χ2n) is 4.35. The minimum Gasteiger partial charge on any atom is -0.506 e. The molecule has 0 bridgehead atoms. The Morgan fingerprint density at radius 2 is 2.00 bits per heavy atom. The van der Waals surface area contributed by atoms with Crippen molar-refractivity contribution in [1.82, 2.24) is 0 Å². The van der Waals surface area contributed by atoms with Crippen LogP contribution in [0.5, 0.6) is 5.75 Å². The fourth-order valence-electron chi connectivity index (χ4n) is 1.96. The first-order valence-electron chi connectivity index (χ1n) is 6.14. The first-order valence-corrected chi connectivity index (χ1v) is 6.96. The number of non-ortho nitro benzene ring substituents is 1. The molecule has 0 saturated carbocycles. The molecule has 104 valence electrons. The van der Waals surface area contributed by atoms with Gasteiger partial charge in [-0.3, -0.25) is 15.1 Å². The maximum atomic E-state index is 10.7. The van der Waals surface area contributed by atoms with Gasteiger partial charge in [0.2, 0.25) is 0 Å². The van der Waals surface area contributed by atoms with Gasteiger partial charge in [-0.15, -0.1) is 11.3 Å². The Bertz CT molecular complexity index is 855. The van der Waals surface area contributed by atoms with E-state index in [9.17, 15) is 15.2 Å². The molecule has 1 aromatic heterocycles. The highest BCUT2D eigenvalue weighted by Gasteiger charge is 2.09. The maximum absolute atomic E-state index is 10.7. The molecule has 0 atom stereocenters. The molecule has 0 amide bonds. The van der Waals surface area contributed by atoms with E-state index in [4.69, 9.17) is 0 Å². The average molecular weight is 298 g/mol. The van der Waals surface area contributed by atoms with Crippen LogP contribution in [0.1, 0.15) is 4.88 Å². The zero-order valence-electron chi connectivity index (χ0n) is 10.8. The average Bonchev–Trinajstić information content (AvgIpc) is 2.82. The highest BCUT2D eigenvalue weighted by Crippen LogP contribution is 2.35. The fraction of sp³-hybridized carbons (Fsp3) is 0. The number of nitrogens with zero attached hydrogens (tertiary/aromatic N) is 2. The molecule has 0 unspecified atom stereocenters. The largest absolute Gasteiger partial charge is 0.506 e. The van der Waals surface area contributed by atoms with Crippen molar-refractivity contribution >= 4 is 39.0 Å². The van der Waals surface area contributed by atoms with Crippen LogP contribution >= 0.6 is 11.3 Å². The molecule has 2 aromatic carbocycles. The number of rotatable bonds is 3. The number of hydrogen-bond acceptors (Lipinski definition) is 5. The van der Waals surface area contributed by atoms with E-state index in [0.29, 0.717) is 10.6 Å². The second kappa shape index (κ2) is 5.34. The number of thiophene rings is 1. The monoisotopic (exact) mass is 298 g/mol. The van der Waals surface area contributed by atoms with Crippen molar-refractivity contribution in [3.05, 3.63) is 63.5 Å². The third-order valence-corrected chi connectivity index (χ3v) is 4.06. The molecule has 0 aliphatic heterocycles. The zero-order chi connectivity index (χ0) is 14.8. The molecule has 0 fully saturated rings. The lowest BCUT2D eigenvalue weighted by molar-refractivity contribution is -0.384. The molecule has 6 heteroatoms. The predicted octanol–water partition coefficient (Wildman–Crippen LogP) is 4.27. The lowest BCUT2D eigenvalue weighted by Gasteiger charge is -1.94. The van der Waals surface area contributed by atoms with Gasteiger partial charge < -0.3 is 5.11 Å². The summed E-state index contributed by atoms with van der Waals surface area (Å²) < 4.78 is 0.968. The predicted molar refractivity (Wildman–Crippen MR) is 83.8 cm³/mol. The van der Waals surface area contributed by atoms with Crippen LogP contribution in [0.15, 0.2) is 53.5 Å². The Labute approximate surface area is 124 Å². The third-order valence-electron chi connectivity index (χ3n) is 2.97. The van der Waals surface area contributed by atoms with Crippen molar-refractivity contribution in [2.75, 3.05) is 0 Å². The SMILES string of the molecule is O=[N+]([O-])c1cccc(N=Cc2sc3ccccc3c2O)c1. The summed E-state index contributed by atoms with van der Waals surface area (Å²) in [6.07, 6.45) is 1.53. The summed E-state index contributed by atoms with van der Waals surface area (Å²) in [5, 5.41) is 21.6. The molecule has 21 heavy (non-hydrogen) atoms. The zero-order valence-corrected chi connectivity index (χ0v) is 11.6. The summed E-state index contributed by atoms with van der Waals surface area (Å²) in [6, 6.07) is 13.6. The van der Waals surface area contributed by atoms with Crippen molar-refractivity contribution < 1.29 is 10.0 Å².